The normalized spacial score (nSPS) is 21.1. The predicted molar refractivity (Wildman–Crippen MR) is 70.6 cm³/mol. The fourth-order valence-electron chi connectivity index (χ4n) is 2.16. The Kier molecular flexibility index (Phi) is 5.25. The van der Waals surface area contributed by atoms with Gasteiger partial charge in [0.25, 0.3) is 0 Å². The molecular formula is C12H24N4O2. The quantitative estimate of drug-likeness (QED) is 0.265. The zero-order chi connectivity index (χ0) is 13.6. The standard InChI is InChI=1S/C12H24N4O2/c1-3-12(2,10(13)16-18)15-11(17)14-9-7-5-4-6-8-9/h9,18H,3-8H2,1-2H3,(H2,13,16)(H2,14,15,17). The van der Waals surface area contributed by atoms with Gasteiger partial charge in [-0.15, -0.1) is 0 Å². The van der Waals surface area contributed by atoms with Crippen molar-refractivity contribution in [1.82, 2.24) is 10.6 Å². The van der Waals surface area contributed by atoms with E-state index in [0.29, 0.717) is 6.42 Å². The number of amides is 2. The molecule has 6 heteroatoms. The molecule has 0 saturated heterocycles. The second-order valence-electron chi connectivity index (χ2n) is 5.10. The fourth-order valence-corrected chi connectivity index (χ4v) is 2.16. The highest BCUT2D eigenvalue weighted by Crippen LogP contribution is 2.17. The van der Waals surface area contributed by atoms with Crippen LogP contribution in [-0.2, 0) is 0 Å². The van der Waals surface area contributed by atoms with E-state index in [4.69, 9.17) is 10.9 Å². The highest BCUT2D eigenvalue weighted by molar-refractivity contribution is 5.93. The van der Waals surface area contributed by atoms with Crippen molar-refractivity contribution in [2.75, 3.05) is 0 Å². The van der Waals surface area contributed by atoms with E-state index >= 15 is 0 Å². The maximum absolute atomic E-state index is 11.9. The van der Waals surface area contributed by atoms with Gasteiger partial charge in [-0.1, -0.05) is 31.3 Å². The number of amidine groups is 1. The molecule has 1 aliphatic rings. The molecule has 1 rings (SSSR count). The van der Waals surface area contributed by atoms with Crippen LogP contribution in [0.3, 0.4) is 0 Å². The number of oxime groups is 1. The summed E-state index contributed by atoms with van der Waals surface area (Å²) in [5.41, 5.74) is 4.79. The predicted octanol–water partition coefficient (Wildman–Crippen LogP) is 1.53. The van der Waals surface area contributed by atoms with Crippen molar-refractivity contribution in [1.29, 1.82) is 0 Å². The molecule has 5 N–H and O–H groups in total. The lowest BCUT2D eigenvalue weighted by molar-refractivity contribution is 0.224. The van der Waals surface area contributed by atoms with E-state index in [-0.39, 0.29) is 17.9 Å². The summed E-state index contributed by atoms with van der Waals surface area (Å²) in [6.07, 6.45) is 6.18. The lowest BCUT2D eigenvalue weighted by Crippen LogP contribution is -2.58. The molecule has 1 atom stereocenters. The van der Waals surface area contributed by atoms with E-state index in [9.17, 15) is 4.79 Å². The number of urea groups is 1. The van der Waals surface area contributed by atoms with Gasteiger partial charge in [-0.3, -0.25) is 0 Å². The van der Waals surface area contributed by atoms with E-state index in [2.05, 4.69) is 15.8 Å². The first-order valence-electron chi connectivity index (χ1n) is 6.58. The van der Waals surface area contributed by atoms with Crippen LogP contribution in [0.5, 0.6) is 0 Å². The summed E-state index contributed by atoms with van der Waals surface area (Å²) in [5.74, 6) is 0.0174. The van der Waals surface area contributed by atoms with Crippen LogP contribution < -0.4 is 16.4 Å². The van der Waals surface area contributed by atoms with E-state index < -0.39 is 5.54 Å². The van der Waals surface area contributed by atoms with Gasteiger partial charge in [-0.2, -0.15) is 0 Å². The van der Waals surface area contributed by atoms with Gasteiger partial charge in [0, 0.05) is 6.04 Å². The third-order valence-corrected chi connectivity index (χ3v) is 3.71. The number of nitrogens with zero attached hydrogens (tertiary/aromatic N) is 1. The first-order valence-corrected chi connectivity index (χ1v) is 6.58. The summed E-state index contributed by atoms with van der Waals surface area (Å²) >= 11 is 0. The Labute approximate surface area is 108 Å². The topological polar surface area (TPSA) is 99.7 Å². The molecule has 0 radical (unpaired) electrons. The average Bonchev–Trinajstić information content (AvgIpc) is 2.38. The molecule has 1 fully saturated rings. The maximum Gasteiger partial charge on any atom is 0.315 e. The number of hydrogen-bond acceptors (Lipinski definition) is 3. The Bertz CT molecular complexity index is 313. The lowest BCUT2D eigenvalue weighted by atomic mass is 9.95. The molecule has 1 saturated carbocycles. The molecule has 0 aromatic carbocycles. The molecular weight excluding hydrogens is 232 g/mol. The lowest BCUT2D eigenvalue weighted by Gasteiger charge is -2.30. The molecule has 104 valence electrons. The minimum atomic E-state index is -0.812. The van der Waals surface area contributed by atoms with E-state index in [1.165, 1.54) is 6.42 Å². The van der Waals surface area contributed by atoms with Crippen LogP contribution >= 0.6 is 0 Å². The van der Waals surface area contributed by atoms with Crippen LogP contribution in [0.4, 0.5) is 4.79 Å². The molecule has 1 unspecified atom stereocenters. The average molecular weight is 256 g/mol. The Balaban J connectivity index is 2.51. The molecule has 1 aliphatic carbocycles. The first-order chi connectivity index (χ1) is 8.51. The van der Waals surface area contributed by atoms with Crippen LogP contribution in [0.2, 0.25) is 0 Å². The third-order valence-electron chi connectivity index (χ3n) is 3.71. The van der Waals surface area contributed by atoms with Crippen molar-refractivity contribution in [3.63, 3.8) is 0 Å². The van der Waals surface area contributed by atoms with Crippen molar-refractivity contribution >= 4 is 11.9 Å². The maximum atomic E-state index is 11.9. The van der Waals surface area contributed by atoms with Crippen LogP contribution in [0, 0.1) is 0 Å². The monoisotopic (exact) mass is 256 g/mol. The SMILES string of the molecule is CCC(C)(NC(=O)NC1CCCCC1)/C(N)=N/O. The largest absolute Gasteiger partial charge is 0.409 e. The van der Waals surface area contributed by atoms with Gasteiger partial charge in [-0.05, 0) is 26.2 Å². The third kappa shape index (κ3) is 3.78. The zero-order valence-corrected chi connectivity index (χ0v) is 11.2. The van der Waals surface area contributed by atoms with E-state index in [0.717, 1.165) is 25.7 Å². The minimum Gasteiger partial charge on any atom is -0.409 e. The molecule has 18 heavy (non-hydrogen) atoms. The Morgan fingerprint density at radius 2 is 2.06 bits per heavy atom. The Morgan fingerprint density at radius 3 is 2.56 bits per heavy atom. The van der Waals surface area contributed by atoms with Gasteiger partial charge in [-0.25, -0.2) is 4.79 Å². The molecule has 0 heterocycles. The Morgan fingerprint density at radius 1 is 1.44 bits per heavy atom. The molecule has 2 amide bonds. The van der Waals surface area contributed by atoms with Gasteiger partial charge < -0.3 is 21.6 Å². The number of nitrogens with one attached hydrogen (secondary N) is 2. The molecule has 0 aliphatic heterocycles. The number of carbonyl (C=O) groups excluding carboxylic acids is 1. The molecule has 0 aromatic heterocycles. The summed E-state index contributed by atoms with van der Waals surface area (Å²) in [6, 6.07) is -0.00926. The number of nitrogens with two attached hydrogens (primary N) is 1. The molecule has 6 nitrogen and oxygen atoms in total. The summed E-state index contributed by atoms with van der Waals surface area (Å²) in [7, 11) is 0. The van der Waals surface area contributed by atoms with Crippen molar-refractivity contribution in [3.05, 3.63) is 0 Å². The number of rotatable bonds is 4. The fraction of sp³-hybridized carbons (Fsp3) is 0.833. The first kappa shape index (κ1) is 14.6. The zero-order valence-electron chi connectivity index (χ0n) is 11.2. The smallest absolute Gasteiger partial charge is 0.315 e. The van der Waals surface area contributed by atoms with E-state index in [1.807, 2.05) is 6.92 Å². The highest BCUT2D eigenvalue weighted by Gasteiger charge is 2.30. The number of hydrogen-bond donors (Lipinski definition) is 4. The summed E-state index contributed by atoms with van der Waals surface area (Å²) < 4.78 is 0. The summed E-state index contributed by atoms with van der Waals surface area (Å²) in [4.78, 5) is 11.9. The van der Waals surface area contributed by atoms with Crippen LogP contribution in [0.1, 0.15) is 52.4 Å². The summed E-state index contributed by atoms with van der Waals surface area (Å²) in [6.45, 7) is 3.61. The number of carbonyl (C=O) groups is 1. The van der Waals surface area contributed by atoms with Gasteiger partial charge in [0.1, 0.15) is 0 Å². The van der Waals surface area contributed by atoms with Crippen molar-refractivity contribution in [3.8, 4) is 0 Å². The van der Waals surface area contributed by atoms with E-state index in [1.54, 1.807) is 6.92 Å². The second-order valence-corrected chi connectivity index (χ2v) is 5.10. The van der Waals surface area contributed by atoms with Crippen LogP contribution in [0.15, 0.2) is 5.16 Å². The van der Waals surface area contributed by atoms with Gasteiger partial charge in [0.15, 0.2) is 5.84 Å². The highest BCUT2D eigenvalue weighted by atomic mass is 16.4. The molecule has 0 aromatic rings. The van der Waals surface area contributed by atoms with Crippen LogP contribution in [-0.4, -0.2) is 28.7 Å². The van der Waals surface area contributed by atoms with Crippen LogP contribution in [0.25, 0.3) is 0 Å². The van der Waals surface area contributed by atoms with Crippen molar-refractivity contribution in [2.45, 2.75) is 64.0 Å². The van der Waals surface area contributed by atoms with Gasteiger partial charge in [0.2, 0.25) is 0 Å². The molecule has 0 spiro atoms. The van der Waals surface area contributed by atoms with Gasteiger partial charge >= 0.3 is 6.03 Å². The van der Waals surface area contributed by atoms with Crippen molar-refractivity contribution < 1.29 is 10.0 Å². The van der Waals surface area contributed by atoms with Crippen molar-refractivity contribution in [2.24, 2.45) is 10.9 Å². The van der Waals surface area contributed by atoms with Gasteiger partial charge in [0.05, 0.1) is 5.54 Å². The second kappa shape index (κ2) is 6.47. The minimum absolute atomic E-state index is 0.0174. The Hall–Kier alpha value is -1.46. The molecule has 0 bridgehead atoms. The summed E-state index contributed by atoms with van der Waals surface area (Å²) in [5, 5.41) is 17.4.